The Morgan fingerprint density at radius 1 is 1.29 bits per heavy atom. The van der Waals surface area contributed by atoms with E-state index in [1.165, 1.54) is 12.1 Å². The van der Waals surface area contributed by atoms with Crippen LogP contribution < -0.4 is 10.5 Å². The smallest absolute Gasteiger partial charge is 0.244 e. The summed E-state index contributed by atoms with van der Waals surface area (Å²) in [4.78, 5) is 3.94. The summed E-state index contributed by atoms with van der Waals surface area (Å²) in [5.74, 6) is 0.387. The zero-order valence-corrected chi connectivity index (χ0v) is 9.83. The molecule has 0 aliphatic rings. The predicted molar refractivity (Wildman–Crippen MR) is 64.9 cm³/mol. The molecule has 5 heteroatoms. The van der Waals surface area contributed by atoms with Crippen LogP contribution in [0.15, 0.2) is 30.3 Å². The first-order valence-corrected chi connectivity index (χ1v) is 5.30. The number of pyridine rings is 1. The molecule has 0 spiro atoms. The molecule has 17 heavy (non-hydrogen) atoms. The fraction of sp³-hybridized carbons (Fsp3) is 0.0833. The molecule has 1 aromatic carbocycles. The van der Waals surface area contributed by atoms with Crippen molar-refractivity contribution in [3.63, 3.8) is 0 Å². The minimum absolute atomic E-state index is 0.212. The Labute approximate surface area is 103 Å². The van der Waals surface area contributed by atoms with Gasteiger partial charge in [0.15, 0.2) is 0 Å². The van der Waals surface area contributed by atoms with Gasteiger partial charge >= 0.3 is 0 Å². The minimum atomic E-state index is -0.288. The second-order valence-corrected chi connectivity index (χ2v) is 3.93. The normalized spacial score (nSPS) is 10.3. The second-order valence-electron chi connectivity index (χ2n) is 3.54. The fourth-order valence-electron chi connectivity index (χ4n) is 1.30. The lowest BCUT2D eigenvalue weighted by molar-refractivity contribution is 0.463. The number of hydrogen-bond acceptors (Lipinski definition) is 3. The standard InChI is InChI=1S/C12H10ClFN2O/c1-7-6-8(2-3-9(7)14)17-12-10(15)4-5-11(13)16-12/h2-6H,15H2,1H3. The monoisotopic (exact) mass is 252 g/mol. The van der Waals surface area contributed by atoms with Crippen molar-refractivity contribution in [1.82, 2.24) is 4.98 Å². The van der Waals surface area contributed by atoms with E-state index < -0.39 is 0 Å². The minimum Gasteiger partial charge on any atom is -0.437 e. The lowest BCUT2D eigenvalue weighted by Crippen LogP contribution is -1.95. The summed E-state index contributed by atoms with van der Waals surface area (Å²) in [6.45, 7) is 1.65. The molecule has 0 unspecified atom stereocenters. The van der Waals surface area contributed by atoms with Crippen LogP contribution in [-0.4, -0.2) is 4.98 Å². The van der Waals surface area contributed by atoms with Crippen LogP contribution >= 0.6 is 11.6 Å². The number of anilines is 1. The van der Waals surface area contributed by atoms with E-state index in [4.69, 9.17) is 22.1 Å². The van der Waals surface area contributed by atoms with Crippen molar-refractivity contribution >= 4 is 17.3 Å². The summed E-state index contributed by atoms with van der Waals surface area (Å²) >= 11 is 5.73. The van der Waals surface area contributed by atoms with Gasteiger partial charge in [-0.05, 0) is 42.8 Å². The van der Waals surface area contributed by atoms with Gasteiger partial charge < -0.3 is 10.5 Å². The summed E-state index contributed by atoms with van der Waals surface area (Å²) in [6.07, 6.45) is 0. The van der Waals surface area contributed by atoms with Crippen LogP contribution in [0.4, 0.5) is 10.1 Å². The molecule has 1 heterocycles. The summed E-state index contributed by atoms with van der Waals surface area (Å²) in [5.41, 5.74) is 6.55. The number of benzene rings is 1. The fourth-order valence-corrected chi connectivity index (χ4v) is 1.44. The third-order valence-electron chi connectivity index (χ3n) is 2.20. The molecule has 88 valence electrons. The number of rotatable bonds is 2. The van der Waals surface area contributed by atoms with Crippen LogP contribution in [0, 0.1) is 12.7 Å². The van der Waals surface area contributed by atoms with Gasteiger partial charge in [0.05, 0.1) is 5.69 Å². The largest absolute Gasteiger partial charge is 0.437 e. The van der Waals surface area contributed by atoms with Gasteiger partial charge in [0, 0.05) is 0 Å². The molecule has 0 atom stereocenters. The highest BCUT2D eigenvalue weighted by atomic mass is 35.5. The number of nitrogen functional groups attached to an aromatic ring is 1. The number of aromatic nitrogens is 1. The summed E-state index contributed by atoms with van der Waals surface area (Å²) < 4.78 is 18.5. The molecule has 0 fully saturated rings. The molecule has 3 nitrogen and oxygen atoms in total. The van der Waals surface area contributed by atoms with E-state index in [1.54, 1.807) is 25.1 Å². The van der Waals surface area contributed by atoms with Gasteiger partial charge in [0.1, 0.15) is 16.7 Å². The van der Waals surface area contributed by atoms with E-state index in [9.17, 15) is 4.39 Å². The molecule has 0 saturated heterocycles. The van der Waals surface area contributed by atoms with Crippen molar-refractivity contribution in [2.45, 2.75) is 6.92 Å². The molecule has 2 rings (SSSR count). The van der Waals surface area contributed by atoms with E-state index in [2.05, 4.69) is 4.98 Å². The number of ether oxygens (including phenoxy) is 1. The average molecular weight is 253 g/mol. The number of nitrogens with two attached hydrogens (primary N) is 1. The van der Waals surface area contributed by atoms with Gasteiger partial charge in [0.25, 0.3) is 0 Å². The third-order valence-corrected chi connectivity index (χ3v) is 2.41. The van der Waals surface area contributed by atoms with Crippen LogP contribution in [-0.2, 0) is 0 Å². The first-order valence-electron chi connectivity index (χ1n) is 4.92. The molecule has 1 aromatic heterocycles. The van der Waals surface area contributed by atoms with Crippen LogP contribution in [0.3, 0.4) is 0 Å². The molecular weight excluding hydrogens is 243 g/mol. The van der Waals surface area contributed by atoms with Crippen LogP contribution in [0.5, 0.6) is 11.6 Å². The lowest BCUT2D eigenvalue weighted by Gasteiger charge is -2.08. The van der Waals surface area contributed by atoms with Gasteiger partial charge in [-0.2, -0.15) is 4.98 Å². The maximum atomic E-state index is 13.1. The first-order chi connectivity index (χ1) is 8.06. The predicted octanol–water partition coefficient (Wildman–Crippen LogP) is 3.56. The van der Waals surface area contributed by atoms with Crippen molar-refractivity contribution in [3.05, 3.63) is 46.9 Å². The van der Waals surface area contributed by atoms with Gasteiger partial charge in [-0.3, -0.25) is 0 Å². The highest BCUT2D eigenvalue weighted by Crippen LogP contribution is 2.27. The Balaban J connectivity index is 2.31. The van der Waals surface area contributed by atoms with Crippen LogP contribution in [0.25, 0.3) is 0 Å². The van der Waals surface area contributed by atoms with E-state index >= 15 is 0 Å². The third kappa shape index (κ3) is 2.65. The Morgan fingerprint density at radius 3 is 2.76 bits per heavy atom. The maximum absolute atomic E-state index is 13.1. The van der Waals surface area contributed by atoms with E-state index in [1.807, 2.05) is 0 Å². The Morgan fingerprint density at radius 2 is 2.06 bits per heavy atom. The summed E-state index contributed by atoms with van der Waals surface area (Å²) in [6, 6.07) is 7.56. The topological polar surface area (TPSA) is 48.1 Å². The van der Waals surface area contributed by atoms with Gasteiger partial charge in [-0.25, -0.2) is 4.39 Å². The lowest BCUT2D eigenvalue weighted by atomic mass is 10.2. The molecule has 0 radical (unpaired) electrons. The molecule has 0 saturated carbocycles. The maximum Gasteiger partial charge on any atom is 0.244 e. The number of nitrogens with zero attached hydrogens (tertiary/aromatic N) is 1. The number of aryl methyl sites for hydroxylation is 1. The first kappa shape index (κ1) is 11.7. The number of hydrogen-bond donors (Lipinski definition) is 1. The van der Waals surface area contributed by atoms with Crippen molar-refractivity contribution in [2.75, 3.05) is 5.73 Å². The van der Waals surface area contributed by atoms with Crippen LogP contribution in [0.1, 0.15) is 5.56 Å². The quantitative estimate of drug-likeness (QED) is 0.832. The zero-order chi connectivity index (χ0) is 12.4. The summed E-state index contributed by atoms with van der Waals surface area (Å²) in [7, 11) is 0. The van der Waals surface area contributed by atoms with Crippen molar-refractivity contribution in [1.29, 1.82) is 0 Å². The van der Waals surface area contributed by atoms with Gasteiger partial charge in [0.2, 0.25) is 5.88 Å². The molecule has 0 aliphatic carbocycles. The molecule has 0 bridgehead atoms. The molecule has 0 aliphatic heterocycles. The van der Waals surface area contributed by atoms with E-state index in [0.717, 1.165) is 0 Å². The SMILES string of the molecule is Cc1cc(Oc2nc(Cl)ccc2N)ccc1F. The average Bonchev–Trinajstić information content (AvgIpc) is 2.29. The van der Waals surface area contributed by atoms with Crippen molar-refractivity contribution in [2.24, 2.45) is 0 Å². The Kier molecular flexibility index (Phi) is 3.15. The number of halogens is 2. The van der Waals surface area contributed by atoms with Gasteiger partial charge in [-0.15, -0.1) is 0 Å². The Bertz CT molecular complexity index is 560. The van der Waals surface area contributed by atoms with Crippen LogP contribution in [0.2, 0.25) is 5.15 Å². The highest BCUT2D eigenvalue weighted by molar-refractivity contribution is 6.29. The van der Waals surface area contributed by atoms with Gasteiger partial charge in [-0.1, -0.05) is 11.6 Å². The van der Waals surface area contributed by atoms with E-state index in [0.29, 0.717) is 17.0 Å². The molecule has 0 amide bonds. The molecule has 2 aromatic rings. The summed E-state index contributed by atoms with van der Waals surface area (Å²) in [5, 5.41) is 0.285. The highest BCUT2D eigenvalue weighted by Gasteiger charge is 2.06. The van der Waals surface area contributed by atoms with Crippen molar-refractivity contribution < 1.29 is 9.13 Å². The second kappa shape index (κ2) is 4.59. The van der Waals surface area contributed by atoms with Crippen molar-refractivity contribution in [3.8, 4) is 11.6 Å². The van der Waals surface area contributed by atoms with E-state index in [-0.39, 0.29) is 16.9 Å². The molecular formula is C12H10ClFN2O. The zero-order valence-electron chi connectivity index (χ0n) is 9.08. The Hall–Kier alpha value is -1.81. The molecule has 2 N–H and O–H groups in total.